The standard InChI is InChI=1S/C15H19N3O3/c1-2-13(19)18-9-3-8-15(21,10-18)11-4-6-12(7-5-11)17-14(16)20/h2,4-7,21H,1,3,8-10H2,(H3,16,17,20). The minimum Gasteiger partial charge on any atom is -0.383 e. The number of benzene rings is 1. The third-order valence-electron chi connectivity index (χ3n) is 3.65. The largest absolute Gasteiger partial charge is 0.383 e. The van der Waals surface area contributed by atoms with E-state index in [1.54, 1.807) is 29.2 Å². The summed E-state index contributed by atoms with van der Waals surface area (Å²) in [5.41, 5.74) is 5.23. The number of anilines is 1. The van der Waals surface area contributed by atoms with Crippen LogP contribution in [0.5, 0.6) is 0 Å². The molecule has 1 fully saturated rings. The van der Waals surface area contributed by atoms with Crippen molar-refractivity contribution in [3.8, 4) is 0 Å². The van der Waals surface area contributed by atoms with Crippen LogP contribution in [-0.4, -0.2) is 35.0 Å². The molecule has 1 aliphatic heterocycles. The van der Waals surface area contributed by atoms with Crippen LogP contribution in [0.3, 0.4) is 0 Å². The highest BCUT2D eigenvalue weighted by Crippen LogP contribution is 2.32. The van der Waals surface area contributed by atoms with Gasteiger partial charge in [0.15, 0.2) is 0 Å². The zero-order valence-electron chi connectivity index (χ0n) is 11.7. The summed E-state index contributed by atoms with van der Waals surface area (Å²) in [6.45, 7) is 4.33. The molecule has 3 amide bonds. The van der Waals surface area contributed by atoms with E-state index >= 15 is 0 Å². The number of hydrogen-bond acceptors (Lipinski definition) is 3. The van der Waals surface area contributed by atoms with Crippen LogP contribution in [0.15, 0.2) is 36.9 Å². The number of amides is 3. The summed E-state index contributed by atoms with van der Waals surface area (Å²) in [5, 5.41) is 13.3. The van der Waals surface area contributed by atoms with Gasteiger partial charge in [-0.15, -0.1) is 0 Å². The number of urea groups is 1. The van der Waals surface area contributed by atoms with Crippen LogP contribution in [0.25, 0.3) is 0 Å². The average molecular weight is 289 g/mol. The van der Waals surface area contributed by atoms with Crippen molar-refractivity contribution < 1.29 is 14.7 Å². The van der Waals surface area contributed by atoms with Gasteiger partial charge in [-0.05, 0) is 36.6 Å². The summed E-state index contributed by atoms with van der Waals surface area (Å²) < 4.78 is 0. The van der Waals surface area contributed by atoms with Crippen LogP contribution >= 0.6 is 0 Å². The Morgan fingerprint density at radius 1 is 1.38 bits per heavy atom. The molecule has 4 N–H and O–H groups in total. The molecule has 6 nitrogen and oxygen atoms in total. The first kappa shape index (κ1) is 15.1. The van der Waals surface area contributed by atoms with Crippen molar-refractivity contribution in [2.45, 2.75) is 18.4 Å². The first-order valence-electron chi connectivity index (χ1n) is 6.75. The van der Waals surface area contributed by atoms with E-state index in [2.05, 4.69) is 11.9 Å². The topological polar surface area (TPSA) is 95.7 Å². The SMILES string of the molecule is C=CC(=O)N1CCCC(O)(c2ccc(NC(N)=O)cc2)C1. The van der Waals surface area contributed by atoms with Gasteiger partial charge in [0.25, 0.3) is 0 Å². The van der Waals surface area contributed by atoms with Gasteiger partial charge in [0, 0.05) is 12.2 Å². The molecule has 1 aromatic carbocycles. The molecule has 0 bridgehead atoms. The molecule has 0 radical (unpaired) electrons. The molecule has 0 saturated carbocycles. The van der Waals surface area contributed by atoms with Gasteiger partial charge in [-0.3, -0.25) is 4.79 Å². The van der Waals surface area contributed by atoms with Crippen molar-refractivity contribution >= 4 is 17.6 Å². The Bertz CT molecular complexity index is 556. The normalized spacial score (nSPS) is 21.7. The molecule has 0 aliphatic carbocycles. The van der Waals surface area contributed by atoms with Gasteiger partial charge >= 0.3 is 6.03 Å². The predicted octanol–water partition coefficient (Wildman–Crippen LogP) is 1.17. The molecule has 21 heavy (non-hydrogen) atoms. The average Bonchev–Trinajstić information content (AvgIpc) is 2.46. The molecule has 0 aromatic heterocycles. The lowest BCUT2D eigenvalue weighted by atomic mass is 9.85. The number of likely N-dealkylation sites (tertiary alicyclic amines) is 1. The van der Waals surface area contributed by atoms with E-state index in [9.17, 15) is 14.7 Å². The highest BCUT2D eigenvalue weighted by atomic mass is 16.3. The summed E-state index contributed by atoms with van der Waals surface area (Å²) >= 11 is 0. The Labute approximate surface area is 123 Å². The molecule has 6 heteroatoms. The molecule has 1 aromatic rings. The molecule has 1 heterocycles. The number of aliphatic hydroxyl groups is 1. The minimum absolute atomic E-state index is 0.180. The predicted molar refractivity (Wildman–Crippen MR) is 79.6 cm³/mol. The van der Waals surface area contributed by atoms with Crippen molar-refractivity contribution in [2.24, 2.45) is 5.73 Å². The van der Waals surface area contributed by atoms with E-state index in [4.69, 9.17) is 5.73 Å². The second kappa shape index (κ2) is 5.97. The van der Waals surface area contributed by atoms with E-state index in [1.165, 1.54) is 6.08 Å². The maximum atomic E-state index is 11.7. The lowest BCUT2D eigenvalue weighted by Gasteiger charge is -2.39. The molecule has 112 valence electrons. The summed E-state index contributed by atoms with van der Waals surface area (Å²) in [6.07, 6.45) is 2.56. The first-order valence-corrected chi connectivity index (χ1v) is 6.75. The van der Waals surface area contributed by atoms with E-state index in [0.717, 1.165) is 6.42 Å². The highest BCUT2D eigenvalue weighted by molar-refractivity contribution is 5.88. The quantitative estimate of drug-likeness (QED) is 0.729. The van der Waals surface area contributed by atoms with Crippen LogP contribution in [0.4, 0.5) is 10.5 Å². The molecular weight excluding hydrogens is 270 g/mol. The Balaban J connectivity index is 2.17. The second-order valence-electron chi connectivity index (χ2n) is 5.17. The van der Waals surface area contributed by atoms with E-state index < -0.39 is 11.6 Å². The summed E-state index contributed by atoms with van der Waals surface area (Å²) in [5.74, 6) is -0.180. The number of hydrogen-bond donors (Lipinski definition) is 3. The van der Waals surface area contributed by atoms with Crippen molar-refractivity contribution in [3.63, 3.8) is 0 Å². The van der Waals surface area contributed by atoms with E-state index in [1.807, 2.05) is 0 Å². The van der Waals surface area contributed by atoms with Crippen molar-refractivity contribution in [1.29, 1.82) is 0 Å². The van der Waals surface area contributed by atoms with Gasteiger partial charge in [-0.2, -0.15) is 0 Å². The molecular formula is C15H19N3O3. The van der Waals surface area contributed by atoms with E-state index in [0.29, 0.717) is 24.2 Å². The fraction of sp³-hybridized carbons (Fsp3) is 0.333. The number of rotatable bonds is 3. The Morgan fingerprint density at radius 3 is 2.62 bits per heavy atom. The van der Waals surface area contributed by atoms with Gasteiger partial charge in [0.2, 0.25) is 5.91 Å². The zero-order chi connectivity index (χ0) is 15.5. The minimum atomic E-state index is -1.08. The van der Waals surface area contributed by atoms with Crippen molar-refractivity contribution in [2.75, 3.05) is 18.4 Å². The smallest absolute Gasteiger partial charge is 0.316 e. The summed E-state index contributed by atoms with van der Waals surface area (Å²) in [6, 6.07) is 6.17. The van der Waals surface area contributed by atoms with Gasteiger partial charge in [-0.25, -0.2) is 4.79 Å². The Morgan fingerprint density at radius 2 is 2.05 bits per heavy atom. The molecule has 1 unspecified atom stereocenters. The summed E-state index contributed by atoms with van der Waals surface area (Å²) in [4.78, 5) is 24.1. The number of primary amides is 1. The molecule has 1 saturated heterocycles. The molecule has 2 rings (SSSR count). The Hall–Kier alpha value is -2.34. The third kappa shape index (κ3) is 3.41. The van der Waals surface area contributed by atoms with Gasteiger partial charge in [-0.1, -0.05) is 18.7 Å². The first-order chi connectivity index (χ1) is 9.94. The van der Waals surface area contributed by atoms with Crippen molar-refractivity contribution in [1.82, 2.24) is 4.90 Å². The lowest BCUT2D eigenvalue weighted by Crippen LogP contribution is -2.48. The Kier molecular flexibility index (Phi) is 4.28. The van der Waals surface area contributed by atoms with E-state index in [-0.39, 0.29) is 12.5 Å². The fourth-order valence-electron chi connectivity index (χ4n) is 2.60. The van der Waals surface area contributed by atoms with Crippen LogP contribution in [0, 0.1) is 0 Å². The van der Waals surface area contributed by atoms with Crippen LogP contribution in [-0.2, 0) is 10.4 Å². The number of piperidine rings is 1. The number of carbonyl (C=O) groups is 2. The van der Waals surface area contributed by atoms with Crippen LogP contribution in [0.1, 0.15) is 18.4 Å². The lowest BCUT2D eigenvalue weighted by molar-refractivity contribution is -0.133. The maximum absolute atomic E-state index is 11.7. The van der Waals surface area contributed by atoms with Gasteiger partial charge in [0.1, 0.15) is 5.60 Å². The van der Waals surface area contributed by atoms with Gasteiger partial charge in [0.05, 0.1) is 6.54 Å². The second-order valence-corrected chi connectivity index (χ2v) is 5.17. The highest BCUT2D eigenvalue weighted by Gasteiger charge is 2.36. The maximum Gasteiger partial charge on any atom is 0.316 e. The molecule has 1 aliphatic rings. The van der Waals surface area contributed by atoms with Crippen molar-refractivity contribution in [3.05, 3.63) is 42.5 Å². The van der Waals surface area contributed by atoms with Crippen LogP contribution < -0.4 is 11.1 Å². The number of β-amino-alcohol motifs (C(OH)–C–C–N with tert-alkyl or cyclic N) is 1. The molecule has 0 spiro atoms. The third-order valence-corrected chi connectivity index (χ3v) is 3.65. The molecule has 1 atom stereocenters. The monoisotopic (exact) mass is 289 g/mol. The number of nitrogens with zero attached hydrogens (tertiary/aromatic N) is 1. The summed E-state index contributed by atoms with van der Waals surface area (Å²) in [7, 11) is 0. The zero-order valence-corrected chi connectivity index (χ0v) is 11.7. The van der Waals surface area contributed by atoms with Crippen LogP contribution in [0.2, 0.25) is 0 Å². The number of carbonyl (C=O) groups excluding carboxylic acids is 2. The van der Waals surface area contributed by atoms with Gasteiger partial charge < -0.3 is 21.1 Å². The number of nitrogens with two attached hydrogens (primary N) is 1. The fourth-order valence-corrected chi connectivity index (χ4v) is 2.60. The number of nitrogens with one attached hydrogen (secondary N) is 1.